The Labute approximate surface area is 122 Å². The number of hydrogen-bond acceptors (Lipinski definition) is 2. The summed E-state index contributed by atoms with van der Waals surface area (Å²) < 4.78 is 12.6. The van der Waals surface area contributed by atoms with Gasteiger partial charge in [-0.2, -0.15) is 0 Å². The lowest BCUT2D eigenvalue weighted by molar-refractivity contribution is 0.161. The van der Waals surface area contributed by atoms with Crippen molar-refractivity contribution in [3.8, 4) is 0 Å². The molecule has 116 valence electrons. The molecule has 0 aliphatic carbocycles. The second-order valence-corrected chi connectivity index (χ2v) is 9.08. The Morgan fingerprint density at radius 2 is 1.11 bits per heavy atom. The van der Waals surface area contributed by atoms with Crippen molar-refractivity contribution in [3.63, 3.8) is 0 Å². The lowest BCUT2D eigenvalue weighted by Crippen LogP contribution is -2.42. The molecule has 2 nitrogen and oxygen atoms in total. The lowest BCUT2D eigenvalue weighted by Gasteiger charge is -2.30. The number of hydrogen-bond donors (Lipinski definition) is 0. The first-order valence-corrected chi connectivity index (χ1v) is 10.8. The minimum Gasteiger partial charge on any atom is -0.394 e. The summed E-state index contributed by atoms with van der Waals surface area (Å²) in [5.74, 6) is 0. The molecule has 0 amide bonds. The van der Waals surface area contributed by atoms with Gasteiger partial charge in [-0.1, -0.05) is 66.2 Å². The van der Waals surface area contributed by atoms with Gasteiger partial charge in [0.05, 0.1) is 0 Å². The van der Waals surface area contributed by atoms with Gasteiger partial charge >= 0.3 is 8.56 Å². The largest absolute Gasteiger partial charge is 0.394 e. The molecule has 0 aliphatic heterocycles. The summed E-state index contributed by atoms with van der Waals surface area (Å²) in [6.07, 6.45) is 9.95. The predicted molar refractivity (Wildman–Crippen MR) is 86.9 cm³/mol. The van der Waals surface area contributed by atoms with E-state index in [1.54, 1.807) is 0 Å². The molecule has 0 aromatic heterocycles. The maximum atomic E-state index is 6.28. The summed E-state index contributed by atoms with van der Waals surface area (Å²) in [6.45, 7) is 10.8. The minimum atomic E-state index is -1.89. The summed E-state index contributed by atoms with van der Waals surface area (Å²) >= 11 is 0. The van der Waals surface area contributed by atoms with E-state index in [0.29, 0.717) is 0 Å². The van der Waals surface area contributed by atoms with Crippen LogP contribution in [0.15, 0.2) is 0 Å². The van der Waals surface area contributed by atoms with Crippen molar-refractivity contribution in [2.45, 2.75) is 91.1 Å². The van der Waals surface area contributed by atoms with Crippen LogP contribution in [-0.2, 0) is 8.85 Å². The van der Waals surface area contributed by atoms with Crippen molar-refractivity contribution in [2.24, 2.45) is 0 Å². The van der Waals surface area contributed by atoms with Gasteiger partial charge in [-0.25, -0.2) is 0 Å². The molecule has 0 bridgehead atoms. The van der Waals surface area contributed by atoms with E-state index in [2.05, 4.69) is 27.7 Å². The molecule has 0 aliphatic rings. The molecule has 0 radical (unpaired) electrons. The lowest BCUT2D eigenvalue weighted by atomic mass is 10.3. The summed E-state index contributed by atoms with van der Waals surface area (Å²) in [6, 6.07) is 2.28. The Bertz CT molecular complexity index is 174. The fourth-order valence-corrected chi connectivity index (χ4v) is 5.29. The van der Waals surface area contributed by atoms with Crippen molar-refractivity contribution in [2.75, 3.05) is 13.2 Å². The maximum absolute atomic E-state index is 6.28. The zero-order valence-electron chi connectivity index (χ0n) is 13.8. The second kappa shape index (κ2) is 13.1. The molecular weight excluding hydrogens is 252 g/mol. The van der Waals surface area contributed by atoms with E-state index in [1.165, 1.54) is 57.4 Å². The van der Waals surface area contributed by atoms with Gasteiger partial charge in [0.1, 0.15) is 0 Å². The smallest absolute Gasteiger partial charge is 0.337 e. The standard InChI is InChI=1S/C16H36O2Si/c1-5-9-12-14-17-19(8-4,16-11-7-3)18-15-13-10-6-2/h5-16H2,1-4H3. The molecule has 0 spiro atoms. The third-order valence-electron chi connectivity index (χ3n) is 3.68. The Morgan fingerprint density at radius 3 is 1.47 bits per heavy atom. The van der Waals surface area contributed by atoms with E-state index >= 15 is 0 Å². The van der Waals surface area contributed by atoms with Gasteiger partial charge < -0.3 is 8.85 Å². The molecular formula is C16H36O2Si. The monoisotopic (exact) mass is 288 g/mol. The van der Waals surface area contributed by atoms with Crippen LogP contribution in [0.2, 0.25) is 12.1 Å². The molecule has 0 heterocycles. The molecule has 0 rings (SSSR count). The van der Waals surface area contributed by atoms with Crippen LogP contribution in [0, 0.1) is 0 Å². The van der Waals surface area contributed by atoms with Gasteiger partial charge in [0.2, 0.25) is 0 Å². The van der Waals surface area contributed by atoms with Crippen molar-refractivity contribution in [1.82, 2.24) is 0 Å². The Morgan fingerprint density at radius 1 is 0.632 bits per heavy atom. The first-order chi connectivity index (χ1) is 9.24. The molecule has 0 saturated heterocycles. The molecule has 0 unspecified atom stereocenters. The first kappa shape index (κ1) is 19.1. The van der Waals surface area contributed by atoms with Gasteiger partial charge in [-0.05, 0) is 24.9 Å². The van der Waals surface area contributed by atoms with E-state index in [4.69, 9.17) is 8.85 Å². The molecule has 0 N–H and O–H groups in total. The minimum absolute atomic E-state index is 0.908. The molecule has 19 heavy (non-hydrogen) atoms. The molecule has 0 saturated carbocycles. The Balaban J connectivity index is 4.15. The van der Waals surface area contributed by atoms with Crippen LogP contribution in [0.1, 0.15) is 79.1 Å². The summed E-state index contributed by atoms with van der Waals surface area (Å²) in [5.41, 5.74) is 0. The topological polar surface area (TPSA) is 18.5 Å². The quantitative estimate of drug-likeness (QED) is 0.303. The van der Waals surface area contributed by atoms with E-state index in [0.717, 1.165) is 19.3 Å². The van der Waals surface area contributed by atoms with Crippen LogP contribution in [0.5, 0.6) is 0 Å². The third kappa shape index (κ3) is 9.64. The zero-order valence-corrected chi connectivity index (χ0v) is 14.8. The zero-order chi connectivity index (χ0) is 14.4. The van der Waals surface area contributed by atoms with Crippen molar-refractivity contribution in [1.29, 1.82) is 0 Å². The Kier molecular flexibility index (Phi) is 13.2. The second-order valence-electron chi connectivity index (χ2n) is 5.48. The normalized spacial score (nSPS) is 12.0. The van der Waals surface area contributed by atoms with Gasteiger partial charge in [0, 0.05) is 13.2 Å². The molecule has 0 atom stereocenters. The van der Waals surface area contributed by atoms with Crippen LogP contribution < -0.4 is 0 Å². The highest BCUT2D eigenvalue weighted by molar-refractivity contribution is 6.67. The van der Waals surface area contributed by atoms with Crippen LogP contribution >= 0.6 is 0 Å². The molecule has 3 heteroatoms. The van der Waals surface area contributed by atoms with Gasteiger partial charge in [0.15, 0.2) is 0 Å². The van der Waals surface area contributed by atoms with Crippen LogP contribution in [0.25, 0.3) is 0 Å². The summed E-state index contributed by atoms with van der Waals surface area (Å²) in [5, 5.41) is 0. The predicted octanol–water partition coefficient (Wildman–Crippen LogP) is 5.66. The van der Waals surface area contributed by atoms with E-state index < -0.39 is 8.56 Å². The molecule has 0 fully saturated rings. The summed E-state index contributed by atoms with van der Waals surface area (Å²) in [7, 11) is -1.89. The van der Waals surface area contributed by atoms with E-state index in [9.17, 15) is 0 Å². The van der Waals surface area contributed by atoms with Crippen molar-refractivity contribution in [3.05, 3.63) is 0 Å². The number of rotatable bonds is 14. The maximum Gasteiger partial charge on any atom is 0.337 e. The Hall–Kier alpha value is 0.137. The fraction of sp³-hybridized carbons (Fsp3) is 1.00. The highest BCUT2D eigenvalue weighted by Gasteiger charge is 2.34. The van der Waals surface area contributed by atoms with E-state index in [-0.39, 0.29) is 0 Å². The first-order valence-electron chi connectivity index (χ1n) is 8.52. The van der Waals surface area contributed by atoms with Crippen molar-refractivity contribution >= 4 is 8.56 Å². The van der Waals surface area contributed by atoms with Crippen molar-refractivity contribution < 1.29 is 8.85 Å². The molecule has 0 aromatic carbocycles. The number of unbranched alkanes of at least 4 members (excludes halogenated alkanes) is 5. The SMILES string of the molecule is CCCCCO[Si](CC)(CCCC)OCCCCC. The van der Waals surface area contributed by atoms with Crippen LogP contribution in [0.3, 0.4) is 0 Å². The third-order valence-corrected chi connectivity index (χ3v) is 7.33. The van der Waals surface area contributed by atoms with Gasteiger partial charge in [-0.3, -0.25) is 0 Å². The summed E-state index contributed by atoms with van der Waals surface area (Å²) in [4.78, 5) is 0. The van der Waals surface area contributed by atoms with Crippen LogP contribution in [0.4, 0.5) is 0 Å². The van der Waals surface area contributed by atoms with E-state index in [1.807, 2.05) is 0 Å². The average Bonchev–Trinajstić information content (AvgIpc) is 2.45. The highest BCUT2D eigenvalue weighted by atomic mass is 28.4. The average molecular weight is 289 g/mol. The van der Waals surface area contributed by atoms with Crippen LogP contribution in [-0.4, -0.2) is 21.8 Å². The van der Waals surface area contributed by atoms with Gasteiger partial charge in [-0.15, -0.1) is 0 Å². The fourth-order valence-electron chi connectivity index (χ4n) is 2.23. The highest BCUT2D eigenvalue weighted by Crippen LogP contribution is 2.23. The van der Waals surface area contributed by atoms with Gasteiger partial charge in [0.25, 0.3) is 0 Å². The molecule has 0 aromatic rings.